The lowest BCUT2D eigenvalue weighted by Gasteiger charge is -2.19. The molecule has 6 nitrogen and oxygen atoms in total. The first-order chi connectivity index (χ1) is 12.1. The van der Waals surface area contributed by atoms with Crippen molar-refractivity contribution >= 4 is 29.6 Å². The predicted octanol–water partition coefficient (Wildman–Crippen LogP) is 1.55. The van der Waals surface area contributed by atoms with Crippen LogP contribution in [0.3, 0.4) is 0 Å². The second kappa shape index (κ2) is 7.91. The second-order valence-corrected chi connectivity index (χ2v) is 7.60. The van der Waals surface area contributed by atoms with Crippen LogP contribution in [-0.2, 0) is 16.0 Å². The summed E-state index contributed by atoms with van der Waals surface area (Å²) in [6, 6.07) is 9.76. The molecule has 2 aliphatic heterocycles. The van der Waals surface area contributed by atoms with Crippen molar-refractivity contribution in [2.45, 2.75) is 31.2 Å². The Balaban J connectivity index is 1.38. The summed E-state index contributed by atoms with van der Waals surface area (Å²) in [6.45, 7) is 0.353. The first-order valence-corrected chi connectivity index (χ1v) is 9.79. The number of carbonyl (C=O) groups is 3. The fourth-order valence-corrected chi connectivity index (χ4v) is 4.50. The number of amides is 4. The monoisotopic (exact) mass is 361 g/mol. The van der Waals surface area contributed by atoms with E-state index in [4.69, 9.17) is 0 Å². The van der Waals surface area contributed by atoms with Crippen LogP contribution in [-0.4, -0.2) is 52.9 Å². The molecular formula is C18H23N3O3S. The van der Waals surface area contributed by atoms with Gasteiger partial charge in [-0.2, -0.15) is 11.8 Å². The van der Waals surface area contributed by atoms with Gasteiger partial charge >= 0.3 is 6.03 Å². The van der Waals surface area contributed by atoms with Crippen LogP contribution in [0.2, 0.25) is 0 Å². The molecule has 0 unspecified atom stereocenters. The van der Waals surface area contributed by atoms with Crippen LogP contribution < -0.4 is 10.6 Å². The summed E-state index contributed by atoms with van der Waals surface area (Å²) in [4.78, 5) is 37.6. The number of nitrogens with zero attached hydrogens (tertiary/aromatic N) is 1. The molecule has 4 amide bonds. The number of benzene rings is 1. The van der Waals surface area contributed by atoms with Crippen molar-refractivity contribution in [3.8, 4) is 0 Å². The van der Waals surface area contributed by atoms with E-state index < -0.39 is 11.6 Å². The molecule has 25 heavy (non-hydrogen) atoms. The Morgan fingerprint density at radius 1 is 1.24 bits per heavy atom. The maximum Gasteiger partial charge on any atom is 0.325 e. The smallest absolute Gasteiger partial charge is 0.325 e. The van der Waals surface area contributed by atoms with Gasteiger partial charge in [0.05, 0.1) is 0 Å². The van der Waals surface area contributed by atoms with E-state index in [-0.39, 0.29) is 18.4 Å². The third-order valence-corrected chi connectivity index (χ3v) is 5.82. The molecule has 2 heterocycles. The standard InChI is InChI=1S/C18H23N3O3S/c22-15(19-10-5-4-8-14-6-2-1-3-7-14)12-21-16(23)18(20-17(21)24)9-11-25-13-18/h1-3,6-7H,4-5,8-13H2,(H,19,22)(H,20,24)/t18-/m1/s1. The summed E-state index contributed by atoms with van der Waals surface area (Å²) in [7, 11) is 0. The number of thioether (sulfide) groups is 1. The van der Waals surface area contributed by atoms with E-state index in [9.17, 15) is 14.4 Å². The van der Waals surface area contributed by atoms with Crippen LogP contribution in [0.5, 0.6) is 0 Å². The molecule has 134 valence electrons. The minimum absolute atomic E-state index is 0.199. The van der Waals surface area contributed by atoms with Crippen LogP contribution in [0.1, 0.15) is 24.8 Å². The average molecular weight is 361 g/mol. The molecule has 0 radical (unpaired) electrons. The Bertz CT molecular complexity index is 644. The van der Waals surface area contributed by atoms with Crippen molar-refractivity contribution in [2.75, 3.05) is 24.6 Å². The van der Waals surface area contributed by atoms with Gasteiger partial charge in [0.15, 0.2) is 0 Å². The van der Waals surface area contributed by atoms with Crippen molar-refractivity contribution in [2.24, 2.45) is 0 Å². The molecule has 0 saturated carbocycles. The highest BCUT2D eigenvalue weighted by Gasteiger charge is 2.53. The van der Waals surface area contributed by atoms with Crippen LogP contribution in [0.15, 0.2) is 30.3 Å². The number of unbranched alkanes of at least 4 members (excludes halogenated alkanes) is 1. The van der Waals surface area contributed by atoms with Gasteiger partial charge in [-0.15, -0.1) is 0 Å². The number of carbonyl (C=O) groups excluding carboxylic acids is 3. The van der Waals surface area contributed by atoms with Gasteiger partial charge in [0.2, 0.25) is 5.91 Å². The zero-order valence-electron chi connectivity index (χ0n) is 14.1. The van der Waals surface area contributed by atoms with Crippen LogP contribution in [0.4, 0.5) is 4.79 Å². The highest BCUT2D eigenvalue weighted by atomic mass is 32.2. The van der Waals surface area contributed by atoms with Crippen molar-refractivity contribution in [1.82, 2.24) is 15.5 Å². The topological polar surface area (TPSA) is 78.5 Å². The van der Waals surface area contributed by atoms with Crippen molar-refractivity contribution in [1.29, 1.82) is 0 Å². The van der Waals surface area contributed by atoms with Crippen molar-refractivity contribution in [3.63, 3.8) is 0 Å². The van der Waals surface area contributed by atoms with Gasteiger partial charge in [-0.25, -0.2) is 4.79 Å². The number of imide groups is 1. The lowest BCUT2D eigenvalue weighted by molar-refractivity contribution is -0.134. The molecule has 2 saturated heterocycles. The Labute approximate surface area is 151 Å². The molecule has 2 fully saturated rings. The van der Waals surface area contributed by atoms with Gasteiger partial charge in [-0.1, -0.05) is 30.3 Å². The second-order valence-electron chi connectivity index (χ2n) is 6.50. The van der Waals surface area contributed by atoms with Gasteiger partial charge in [-0.05, 0) is 37.0 Å². The highest BCUT2D eigenvalue weighted by Crippen LogP contribution is 2.33. The number of hydrogen-bond acceptors (Lipinski definition) is 4. The first-order valence-electron chi connectivity index (χ1n) is 8.63. The molecule has 0 aliphatic carbocycles. The first kappa shape index (κ1) is 17.8. The lowest BCUT2D eigenvalue weighted by Crippen LogP contribution is -2.47. The fourth-order valence-electron chi connectivity index (χ4n) is 3.18. The zero-order chi connectivity index (χ0) is 17.7. The van der Waals surface area contributed by atoms with Gasteiger partial charge in [0.1, 0.15) is 12.1 Å². The van der Waals surface area contributed by atoms with Gasteiger partial charge < -0.3 is 10.6 Å². The van der Waals surface area contributed by atoms with E-state index >= 15 is 0 Å². The number of urea groups is 1. The molecule has 0 aromatic heterocycles. The molecular weight excluding hydrogens is 338 g/mol. The fraction of sp³-hybridized carbons (Fsp3) is 0.500. The molecule has 3 rings (SSSR count). The van der Waals surface area contributed by atoms with Crippen molar-refractivity contribution < 1.29 is 14.4 Å². The number of nitrogens with one attached hydrogen (secondary N) is 2. The zero-order valence-corrected chi connectivity index (χ0v) is 14.9. The lowest BCUT2D eigenvalue weighted by atomic mass is 9.99. The molecule has 2 N–H and O–H groups in total. The number of rotatable bonds is 7. The number of aryl methyl sites for hydroxylation is 1. The quantitative estimate of drug-likeness (QED) is 0.571. The van der Waals surface area contributed by atoms with Crippen LogP contribution in [0.25, 0.3) is 0 Å². The Hall–Kier alpha value is -2.02. The molecule has 2 aliphatic rings. The maximum absolute atomic E-state index is 12.5. The largest absolute Gasteiger partial charge is 0.355 e. The van der Waals surface area contributed by atoms with E-state index in [0.717, 1.165) is 29.9 Å². The minimum atomic E-state index is -0.780. The SMILES string of the molecule is O=C(CN1C(=O)N[C@@]2(CCSC2)C1=O)NCCCCc1ccccc1. The highest BCUT2D eigenvalue weighted by molar-refractivity contribution is 7.99. The average Bonchev–Trinajstić information content (AvgIpc) is 3.17. The van der Waals surface area contributed by atoms with E-state index in [2.05, 4.69) is 22.8 Å². The maximum atomic E-state index is 12.5. The summed E-state index contributed by atoms with van der Waals surface area (Å²) in [5.74, 6) is 0.899. The summed E-state index contributed by atoms with van der Waals surface area (Å²) in [6.07, 6.45) is 3.46. The van der Waals surface area contributed by atoms with E-state index in [1.165, 1.54) is 5.56 Å². The Morgan fingerprint density at radius 3 is 2.76 bits per heavy atom. The Morgan fingerprint density at radius 2 is 2.04 bits per heavy atom. The summed E-state index contributed by atoms with van der Waals surface area (Å²) in [5.41, 5.74) is 0.505. The molecule has 0 bridgehead atoms. The minimum Gasteiger partial charge on any atom is -0.355 e. The molecule has 1 aromatic rings. The van der Waals surface area contributed by atoms with E-state index in [0.29, 0.717) is 18.7 Å². The van der Waals surface area contributed by atoms with E-state index in [1.807, 2.05) is 18.2 Å². The van der Waals surface area contributed by atoms with E-state index in [1.54, 1.807) is 11.8 Å². The van der Waals surface area contributed by atoms with Gasteiger partial charge in [-0.3, -0.25) is 14.5 Å². The molecule has 7 heteroatoms. The number of hydrogen-bond donors (Lipinski definition) is 2. The summed E-state index contributed by atoms with van der Waals surface area (Å²) in [5, 5.41) is 5.56. The van der Waals surface area contributed by atoms with Crippen LogP contribution in [0, 0.1) is 0 Å². The van der Waals surface area contributed by atoms with Crippen LogP contribution >= 0.6 is 11.8 Å². The molecule has 1 spiro atoms. The normalized spacial score (nSPS) is 22.5. The third-order valence-electron chi connectivity index (χ3n) is 4.63. The third kappa shape index (κ3) is 4.15. The summed E-state index contributed by atoms with van der Waals surface area (Å²) >= 11 is 1.65. The Kier molecular flexibility index (Phi) is 5.63. The van der Waals surface area contributed by atoms with Gasteiger partial charge in [0.25, 0.3) is 5.91 Å². The molecule has 1 aromatic carbocycles. The van der Waals surface area contributed by atoms with Gasteiger partial charge in [0, 0.05) is 12.3 Å². The van der Waals surface area contributed by atoms with Crippen molar-refractivity contribution in [3.05, 3.63) is 35.9 Å². The predicted molar refractivity (Wildman–Crippen MR) is 97.3 cm³/mol. The summed E-state index contributed by atoms with van der Waals surface area (Å²) < 4.78 is 0. The molecule has 1 atom stereocenters.